The smallest absolute Gasteiger partial charge is 0.336 e. The summed E-state index contributed by atoms with van der Waals surface area (Å²) in [5.41, 5.74) is 0.985. The summed E-state index contributed by atoms with van der Waals surface area (Å²) in [6, 6.07) is 13.1. The molecule has 0 aliphatic carbocycles. The van der Waals surface area contributed by atoms with Gasteiger partial charge < -0.3 is 5.11 Å². The Balaban J connectivity index is 2.24. The van der Waals surface area contributed by atoms with Crippen LogP contribution in [-0.2, 0) is 0 Å². The monoisotopic (exact) mass is 286 g/mol. The zero-order valence-corrected chi connectivity index (χ0v) is 11.2. The molecule has 0 aliphatic heterocycles. The molecule has 0 radical (unpaired) electrons. The van der Waals surface area contributed by atoms with E-state index in [1.165, 1.54) is 18.2 Å². The van der Waals surface area contributed by atoms with Crippen molar-refractivity contribution in [1.82, 2.24) is 0 Å². The van der Waals surface area contributed by atoms with Gasteiger partial charge in [0.2, 0.25) is 0 Å². The number of aromatic carboxylic acids is 1. The van der Waals surface area contributed by atoms with Crippen molar-refractivity contribution in [3.05, 3.63) is 76.3 Å². The van der Waals surface area contributed by atoms with Crippen LogP contribution < -0.4 is 0 Å². The van der Waals surface area contributed by atoms with Gasteiger partial charge in [-0.05, 0) is 29.8 Å². The third-order valence-corrected chi connectivity index (χ3v) is 2.97. The molecule has 0 amide bonds. The van der Waals surface area contributed by atoms with E-state index in [2.05, 4.69) is 0 Å². The van der Waals surface area contributed by atoms with Gasteiger partial charge in [0.15, 0.2) is 5.78 Å². The maximum atomic E-state index is 12.0. The van der Waals surface area contributed by atoms with Crippen LogP contribution in [0.3, 0.4) is 0 Å². The van der Waals surface area contributed by atoms with E-state index in [1.54, 1.807) is 42.5 Å². The Hall–Kier alpha value is -2.39. The maximum absolute atomic E-state index is 12.0. The molecule has 4 heteroatoms. The van der Waals surface area contributed by atoms with Crippen LogP contribution in [0.15, 0.2) is 54.6 Å². The van der Waals surface area contributed by atoms with E-state index < -0.39 is 5.97 Å². The summed E-state index contributed by atoms with van der Waals surface area (Å²) in [4.78, 5) is 23.1. The fourth-order valence-electron chi connectivity index (χ4n) is 1.72. The molecule has 100 valence electrons. The van der Waals surface area contributed by atoms with E-state index in [1.807, 2.05) is 0 Å². The van der Waals surface area contributed by atoms with Crippen molar-refractivity contribution in [2.24, 2.45) is 0 Å². The van der Waals surface area contributed by atoms with Crippen LogP contribution >= 0.6 is 11.6 Å². The zero-order valence-electron chi connectivity index (χ0n) is 10.4. The summed E-state index contributed by atoms with van der Waals surface area (Å²) in [6.45, 7) is 0. The number of allylic oxidation sites excluding steroid dienone is 1. The minimum absolute atomic E-state index is 0.00161. The molecule has 0 aliphatic rings. The summed E-state index contributed by atoms with van der Waals surface area (Å²) in [7, 11) is 0. The van der Waals surface area contributed by atoms with E-state index in [4.69, 9.17) is 16.7 Å². The lowest BCUT2D eigenvalue weighted by atomic mass is 10.0. The van der Waals surface area contributed by atoms with Gasteiger partial charge in [-0.15, -0.1) is 0 Å². The normalized spacial score (nSPS) is 10.7. The Kier molecular flexibility index (Phi) is 4.33. The molecule has 0 fully saturated rings. The standard InChI is InChI=1S/C16H11ClO3/c17-12-8-5-11(6-9-12)7-10-15(18)13-3-1-2-4-14(13)16(19)20/h1-10H,(H,19,20). The van der Waals surface area contributed by atoms with Gasteiger partial charge in [-0.3, -0.25) is 4.79 Å². The third kappa shape index (κ3) is 3.33. The van der Waals surface area contributed by atoms with Gasteiger partial charge >= 0.3 is 5.97 Å². The zero-order chi connectivity index (χ0) is 14.5. The number of ketones is 1. The second kappa shape index (κ2) is 6.17. The first-order valence-corrected chi connectivity index (χ1v) is 6.26. The summed E-state index contributed by atoms with van der Waals surface area (Å²) in [5, 5.41) is 9.65. The number of carboxylic acids is 1. The fraction of sp³-hybridized carbons (Fsp3) is 0. The largest absolute Gasteiger partial charge is 0.478 e. The highest BCUT2D eigenvalue weighted by molar-refractivity contribution is 6.30. The number of carboxylic acid groups (broad SMARTS) is 1. The van der Waals surface area contributed by atoms with Crippen molar-refractivity contribution in [3.8, 4) is 0 Å². The van der Waals surface area contributed by atoms with Crippen LogP contribution in [0.2, 0.25) is 5.02 Å². The van der Waals surface area contributed by atoms with Gasteiger partial charge in [-0.25, -0.2) is 4.79 Å². The van der Waals surface area contributed by atoms with Gasteiger partial charge in [-0.1, -0.05) is 48.0 Å². The maximum Gasteiger partial charge on any atom is 0.336 e. The first-order chi connectivity index (χ1) is 9.58. The van der Waals surface area contributed by atoms with E-state index in [-0.39, 0.29) is 16.9 Å². The number of hydrogen-bond donors (Lipinski definition) is 1. The quantitative estimate of drug-likeness (QED) is 0.684. The molecule has 0 saturated heterocycles. The molecule has 0 heterocycles. The minimum atomic E-state index is -1.12. The molecule has 2 rings (SSSR count). The summed E-state index contributed by atoms with van der Waals surface area (Å²) in [5.74, 6) is -1.47. The van der Waals surface area contributed by atoms with Gasteiger partial charge in [0.05, 0.1) is 5.56 Å². The molecule has 0 spiro atoms. The van der Waals surface area contributed by atoms with Crippen LogP contribution in [0.1, 0.15) is 26.3 Å². The van der Waals surface area contributed by atoms with Gasteiger partial charge in [0.25, 0.3) is 0 Å². The van der Waals surface area contributed by atoms with Crippen molar-refractivity contribution in [2.45, 2.75) is 0 Å². The van der Waals surface area contributed by atoms with Crippen LogP contribution in [-0.4, -0.2) is 16.9 Å². The Morgan fingerprint density at radius 1 is 0.950 bits per heavy atom. The van der Waals surface area contributed by atoms with E-state index in [0.29, 0.717) is 5.02 Å². The molecule has 0 atom stereocenters. The van der Waals surface area contributed by atoms with Crippen LogP contribution in [0.5, 0.6) is 0 Å². The molecule has 2 aromatic rings. The molecule has 0 unspecified atom stereocenters. The van der Waals surface area contributed by atoms with Crippen molar-refractivity contribution < 1.29 is 14.7 Å². The number of hydrogen-bond acceptors (Lipinski definition) is 2. The SMILES string of the molecule is O=C(O)c1ccccc1C(=O)C=Cc1ccc(Cl)cc1. The average molecular weight is 287 g/mol. The first kappa shape index (κ1) is 14.0. The minimum Gasteiger partial charge on any atom is -0.478 e. The molecular weight excluding hydrogens is 276 g/mol. The summed E-state index contributed by atoms with van der Waals surface area (Å²) in [6.07, 6.45) is 2.97. The lowest BCUT2D eigenvalue weighted by Gasteiger charge is -2.01. The number of halogens is 1. The summed E-state index contributed by atoms with van der Waals surface area (Å²) < 4.78 is 0. The van der Waals surface area contributed by atoms with Crippen molar-refractivity contribution in [2.75, 3.05) is 0 Å². The predicted octanol–water partition coefficient (Wildman–Crippen LogP) is 3.93. The predicted molar refractivity (Wildman–Crippen MR) is 78.2 cm³/mol. The Morgan fingerprint density at radius 2 is 1.55 bits per heavy atom. The number of carbonyl (C=O) groups excluding carboxylic acids is 1. The number of benzene rings is 2. The van der Waals surface area contributed by atoms with Gasteiger partial charge in [0.1, 0.15) is 0 Å². The molecule has 20 heavy (non-hydrogen) atoms. The number of rotatable bonds is 4. The first-order valence-electron chi connectivity index (χ1n) is 5.88. The topological polar surface area (TPSA) is 54.4 Å². The van der Waals surface area contributed by atoms with E-state index >= 15 is 0 Å². The van der Waals surface area contributed by atoms with E-state index in [9.17, 15) is 9.59 Å². The number of carbonyl (C=O) groups is 2. The Labute approximate surface area is 121 Å². The average Bonchev–Trinajstić information content (AvgIpc) is 2.46. The second-order valence-electron chi connectivity index (χ2n) is 4.10. The highest BCUT2D eigenvalue weighted by Gasteiger charge is 2.13. The van der Waals surface area contributed by atoms with Crippen LogP contribution in [0.25, 0.3) is 6.08 Å². The molecule has 3 nitrogen and oxygen atoms in total. The van der Waals surface area contributed by atoms with Crippen LogP contribution in [0.4, 0.5) is 0 Å². The molecule has 0 saturated carbocycles. The molecule has 2 aromatic carbocycles. The van der Waals surface area contributed by atoms with Crippen molar-refractivity contribution in [1.29, 1.82) is 0 Å². The highest BCUT2D eigenvalue weighted by atomic mass is 35.5. The van der Waals surface area contributed by atoms with E-state index in [0.717, 1.165) is 5.56 Å². The Bertz CT molecular complexity index is 672. The van der Waals surface area contributed by atoms with Gasteiger partial charge in [0, 0.05) is 10.6 Å². The highest BCUT2D eigenvalue weighted by Crippen LogP contribution is 2.13. The molecule has 0 aromatic heterocycles. The fourth-order valence-corrected chi connectivity index (χ4v) is 1.85. The molecule has 1 N–H and O–H groups in total. The lowest BCUT2D eigenvalue weighted by molar-refractivity contribution is 0.0693. The third-order valence-electron chi connectivity index (χ3n) is 2.72. The molecule has 0 bridgehead atoms. The lowest BCUT2D eigenvalue weighted by Crippen LogP contribution is -2.06. The second-order valence-corrected chi connectivity index (χ2v) is 4.54. The molecular formula is C16H11ClO3. The van der Waals surface area contributed by atoms with Crippen molar-refractivity contribution in [3.63, 3.8) is 0 Å². The van der Waals surface area contributed by atoms with Gasteiger partial charge in [-0.2, -0.15) is 0 Å². The van der Waals surface area contributed by atoms with Crippen LogP contribution in [0, 0.1) is 0 Å². The Morgan fingerprint density at radius 3 is 2.15 bits per heavy atom. The summed E-state index contributed by atoms with van der Waals surface area (Å²) >= 11 is 5.77. The van der Waals surface area contributed by atoms with Crippen molar-refractivity contribution >= 4 is 29.4 Å².